The smallest absolute Gasteiger partial charge is 0.123 e. The first-order valence-electron chi connectivity index (χ1n) is 14.9. The van der Waals surface area contributed by atoms with Crippen LogP contribution in [0.25, 0.3) is 70.9 Å². The minimum Gasteiger partial charge on any atom is -0.297 e. The summed E-state index contributed by atoms with van der Waals surface area (Å²) in [4.78, 5) is 5.39. The van der Waals surface area contributed by atoms with Gasteiger partial charge in [-0.2, -0.15) is 0 Å². The third kappa shape index (κ3) is 4.07. The molecule has 0 fully saturated rings. The number of halogens is 1. The molecule has 0 spiro atoms. The van der Waals surface area contributed by atoms with Crippen LogP contribution in [0.1, 0.15) is 5.56 Å². The zero-order chi connectivity index (χ0) is 29.0. The molecule has 2 heterocycles. The van der Waals surface area contributed by atoms with E-state index < -0.39 is 0 Å². The van der Waals surface area contributed by atoms with Crippen molar-refractivity contribution in [3.63, 3.8) is 0 Å². The molecule has 0 N–H and O–H groups in total. The zero-order valence-corrected chi connectivity index (χ0v) is 26.1. The van der Waals surface area contributed by atoms with Crippen LogP contribution < -0.4 is 0 Å². The van der Waals surface area contributed by atoms with Crippen LogP contribution >= 0.6 is 20.7 Å². The Morgan fingerprint density at radius 2 is 0.977 bits per heavy atom. The fourth-order valence-corrected chi connectivity index (χ4v) is 8.60. The molecule has 3 heteroatoms. The maximum atomic E-state index is 5.39. The highest BCUT2D eigenvalue weighted by atomic mass is 127. The highest BCUT2D eigenvalue weighted by Gasteiger charge is 2.16. The van der Waals surface area contributed by atoms with Gasteiger partial charge in [-0.25, -0.2) is 4.99 Å². The second kappa shape index (κ2) is 10.4. The number of allylic oxidation sites excluding steroid dienone is 1. The van der Waals surface area contributed by atoms with Gasteiger partial charge in [-0.3, -0.25) is 4.57 Å². The van der Waals surface area contributed by atoms with Gasteiger partial charge in [0.1, 0.15) is 5.84 Å². The van der Waals surface area contributed by atoms with Gasteiger partial charge in [0, 0.05) is 16.3 Å². The number of benzene rings is 7. The van der Waals surface area contributed by atoms with E-state index in [1.165, 1.54) is 65.3 Å². The number of hydrogen-bond acceptors (Lipinski definition) is 1. The Hall–Kier alpha value is -4.87. The van der Waals surface area contributed by atoms with E-state index in [4.69, 9.17) is 4.99 Å². The second-order valence-corrected chi connectivity index (χ2v) is 13.7. The van der Waals surface area contributed by atoms with Crippen molar-refractivity contribution in [2.24, 2.45) is 4.99 Å². The maximum Gasteiger partial charge on any atom is 0.123 e. The quantitative estimate of drug-likeness (QED) is 0.0987. The zero-order valence-electron chi connectivity index (χ0n) is 23.9. The van der Waals surface area contributed by atoms with E-state index in [0.29, 0.717) is 0 Å². The lowest BCUT2D eigenvalue weighted by atomic mass is 9.92. The lowest BCUT2D eigenvalue weighted by molar-refractivity contribution is 1.25. The lowest BCUT2D eigenvalue weighted by Gasteiger charge is -2.13. The number of alkyl halides is 1. The van der Waals surface area contributed by atoms with Crippen molar-refractivity contribution in [1.82, 2.24) is 4.57 Å². The van der Waals surface area contributed by atoms with Crippen molar-refractivity contribution in [3.8, 4) is 11.1 Å². The average molecular weight is 675 g/mol. The van der Waals surface area contributed by atoms with Gasteiger partial charge in [-0.15, -0.1) is 20.7 Å². The Balaban J connectivity index is 1.18. The highest BCUT2D eigenvalue weighted by molar-refractivity contribution is 14.2. The molecule has 0 bridgehead atoms. The van der Waals surface area contributed by atoms with E-state index in [2.05, 4.69) is 154 Å². The largest absolute Gasteiger partial charge is 0.297 e. The Morgan fingerprint density at radius 3 is 1.64 bits per heavy atom. The van der Waals surface area contributed by atoms with Crippen molar-refractivity contribution in [1.29, 1.82) is 0 Å². The van der Waals surface area contributed by atoms with Gasteiger partial charge in [-0.1, -0.05) is 115 Å². The van der Waals surface area contributed by atoms with E-state index in [0.717, 1.165) is 21.5 Å². The molecule has 1 aromatic heterocycles. The van der Waals surface area contributed by atoms with Crippen molar-refractivity contribution >= 4 is 90.4 Å². The van der Waals surface area contributed by atoms with Crippen LogP contribution in [0.4, 0.5) is 0 Å². The summed E-state index contributed by atoms with van der Waals surface area (Å²) >= 11 is -0.150. The Bertz CT molecular complexity index is 2440. The second-order valence-electron chi connectivity index (χ2n) is 11.3. The van der Waals surface area contributed by atoms with Crippen LogP contribution in [0, 0.1) is 0 Å². The van der Waals surface area contributed by atoms with E-state index in [-0.39, 0.29) is 20.7 Å². The van der Waals surface area contributed by atoms with Crippen LogP contribution in [-0.4, -0.2) is 18.8 Å². The summed E-state index contributed by atoms with van der Waals surface area (Å²) in [5.74, 6) is 1.13. The van der Waals surface area contributed by atoms with Crippen molar-refractivity contribution in [2.45, 2.75) is 0 Å². The van der Waals surface area contributed by atoms with E-state index in [9.17, 15) is 0 Å². The van der Waals surface area contributed by atoms with Crippen LogP contribution in [0.5, 0.6) is 0 Å². The number of aliphatic imine (C=N–C) groups is 1. The van der Waals surface area contributed by atoms with Crippen molar-refractivity contribution in [3.05, 3.63) is 151 Å². The summed E-state index contributed by atoms with van der Waals surface area (Å²) in [5, 5.41) is 10.4. The predicted molar refractivity (Wildman–Crippen MR) is 200 cm³/mol. The molecular weight excluding hydrogens is 647 g/mol. The summed E-state index contributed by atoms with van der Waals surface area (Å²) in [5.41, 5.74) is 7.04. The molecule has 0 saturated heterocycles. The Kier molecular flexibility index (Phi) is 6.05. The summed E-state index contributed by atoms with van der Waals surface area (Å²) < 4.78 is 5.76. The molecule has 0 unspecified atom stereocenters. The molecule has 1 aliphatic heterocycles. The van der Waals surface area contributed by atoms with Gasteiger partial charge in [-0.05, 0) is 77.8 Å². The minimum absolute atomic E-state index is 0.150. The van der Waals surface area contributed by atoms with Crippen LogP contribution in [0.15, 0.2) is 151 Å². The summed E-state index contributed by atoms with van der Waals surface area (Å²) in [6, 6.07) is 50.8. The molecular formula is C41H27IN2. The van der Waals surface area contributed by atoms with E-state index in [1.54, 1.807) is 0 Å². The first-order chi connectivity index (χ1) is 21.8. The summed E-state index contributed by atoms with van der Waals surface area (Å²) in [6.45, 7) is 0. The van der Waals surface area contributed by atoms with E-state index >= 15 is 0 Å². The highest BCUT2D eigenvalue weighted by Crippen LogP contribution is 2.38. The van der Waals surface area contributed by atoms with Crippen LogP contribution in [0.3, 0.4) is 0 Å². The molecule has 9 rings (SSSR count). The van der Waals surface area contributed by atoms with Gasteiger partial charge in [0.2, 0.25) is 0 Å². The molecule has 0 aliphatic carbocycles. The molecule has 208 valence electrons. The standard InChI is InChI=1S/C41H27IN2/c1-2-14-32-30(12-1)31-13-3-4-15-33(31)37-25-28(20-21-34(32)37)27-10-9-11-29(24-27)38-22-23-42-26-41(43-38)44-39-18-7-5-16-35(39)36-17-6-8-19-40(36)44/h1-25H,26H2. The van der Waals surface area contributed by atoms with Crippen molar-refractivity contribution in [2.75, 3.05) is 4.43 Å². The SMILES string of the molecule is C1=ICC(n2c3ccccc3c3ccccc32)=NC(c2cccc(-c3ccc4c5ccccc5c5ccccc5c4c3)c2)=C1. The molecule has 0 atom stereocenters. The van der Waals surface area contributed by atoms with Crippen LogP contribution in [0.2, 0.25) is 0 Å². The van der Waals surface area contributed by atoms with E-state index in [1.807, 2.05) is 0 Å². The first kappa shape index (κ1) is 25.6. The molecule has 0 radical (unpaired) electrons. The third-order valence-corrected chi connectivity index (χ3v) is 10.8. The third-order valence-electron chi connectivity index (χ3n) is 8.83. The number of nitrogens with zero attached hydrogens (tertiary/aromatic N) is 2. The molecule has 2 nitrogen and oxygen atoms in total. The van der Waals surface area contributed by atoms with Crippen LogP contribution in [-0.2, 0) is 0 Å². The number of fused-ring (bicyclic) bond motifs is 9. The summed E-state index contributed by atoms with van der Waals surface area (Å²) in [7, 11) is 0. The molecule has 44 heavy (non-hydrogen) atoms. The fourth-order valence-electron chi connectivity index (χ4n) is 6.84. The summed E-state index contributed by atoms with van der Waals surface area (Å²) in [6.07, 6.45) is 2.24. The van der Waals surface area contributed by atoms with Gasteiger partial charge >= 0.3 is 0 Å². The first-order valence-corrected chi connectivity index (χ1v) is 17.7. The minimum atomic E-state index is -0.150. The normalized spacial score (nSPS) is 13.7. The maximum absolute atomic E-state index is 5.39. The Labute approximate surface area is 265 Å². The molecule has 0 amide bonds. The molecule has 8 aromatic rings. The molecule has 1 aliphatic rings. The number of para-hydroxylation sites is 2. The van der Waals surface area contributed by atoms with Gasteiger partial charge in [0.15, 0.2) is 0 Å². The topological polar surface area (TPSA) is 17.3 Å². The number of aromatic nitrogens is 1. The fraction of sp³-hybridized carbons (Fsp3) is 0.0244. The Morgan fingerprint density at radius 1 is 0.455 bits per heavy atom. The average Bonchev–Trinajstić information content (AvgIpc) is 3.23. The number of rotatable bonds is 2. The van der Waals surface area contributed by atoms with Crippen molar-refractivity contribution < 1.29 is 0 Å². The number of hydrogen-bond donors (Lipinski definition) is 0. The lowest BCUT2D eigenvalue weighted by Crippen LogP contribution is -2.13. The predicted octanol–water partition coefficient (Wildman–Crippen LogP) is 11.0. The van der Waals surface area contributed by atoms with Gasteiger partial charge in [0.05, 0.1) is 21.2 Å². The van der Waals surface area contributed by atoms with Gasteiger partial charge in [0.25, 0.3) is 0 Å². The molecule has 0 saturated carbocycles. The molecule has 7 aromatic carbocycles. The van der Waals surface area contributed by atoms with Gasteiger partial charge < -0.3 is 0 Å². The monoisotopic (exact) mass is 674 g/mol.